The van der Waals surface area contributed by atoms with E-state index in [1.807, 2.05) is 28.6 Å². The van der Waals surface area contributed by atoms with E-state index in [1.54, 1.807) is 18.6 Å². The molecule has 0 aromatic carbocycles. The summed E-state index contributed by atoms with van der Waals surface area (Å²) >= 11 is 0. The lowest BCUT2D eigenvalue weighted by Gasteiger charge is -2.27. The van der Waals surface area contributed by atoms with Crippen LogP contribution in [0.3, 0.4) is 0 Å². The highest BCUT2D eigenvalue weighted by molar-refractivity contribution is 5.93. The Morgan fingerprint density at radius 2 is 2.11 bits per heavy atom. The normalized spacial score (nSPS) is 13.3. The van der Waals surface area contributed by atoms with Crippen LogP contribution in [0.1, 0.15) is 39.8 Å². The molecule has 1 amide bonds. The highest BCUT2D eigenvalue weighted by Gasteiger charge is 2.28. The van der Waals surface area contributed by atoms with Crippen LogP contribution < -0.4 is 4.74 Å². The zero-order valence-electron chi connectivity index (χ0n) is 16.0. The van der Waals surface area contributed by atoms with Gasteiger partial charge in [0.2, 0.25) is 5.88 Å². The molecular weight excluding hydrogens is 356 g/mol. The van der Waals surface area contributed by atoms with Crippen LogP contribution in [0.25, 0.3) is 0 Å². The number of aryl methyl sites for hydroxylation is 2. The van der Waals surface area contributed by atoms with Crippen LogP contribution >= 0.6 is 0 Å². The summed E-state index contributed by atoms with van der Waals surface area (Å²) in [6.45, 7) is 6.32. The molecule has 0 bridgehead atoms. The second kappa shape index (κ2) is 7.75. The fraction of sp³-hybridized carbons (Fsp3) is 0.350. The standard InChI is InChI=1S/C20H22N6O2/c1-3-26-18-5-7-25(20(27)15-9-21-13-22-10-15)11-16(18)17(24-26)12-28-19-8-14(2)4-6-23-19/h4,6,8-10,13H,3,5,7,11-12H2,1-2H3. The Bertz CT molecular complexity index is 986. The maximum Gasteiger partial charge on any atom is 0.257 e. The van der Waals surface area contributed by atoms with E-state index in [-0.39, 0.29) is 5.91 Å². The van der Waals surface area contributed by atoms with Gasteiger partial charge < -0.3 is 9.64 Å². The minimum Gasteiger partial charge on any atom is -0.471 e. The number of fused-ring (bicyclic) bond motifs is 1. The van der Waals surface area contributed by atoms with Crippen LogP contribution in [-0.2, 0) is 26.1 Å². The van der Waals surface area contributed by atoms with Gasteiger partial charge in [0.25, 0.3) is 5.91 Å². The second-order valence-electron chi connectivity index (χ2n) is 6.75. The van der Waals surface area contributed by atoms with E-state index in [9.17, 15) is 4.79 Å². The first-order valence-corrected chi connectivity index (χ1v) is 9.33. The number of nitrogens with zero attached hydrogens (tertiary/aromatic N) is 6. The van der Waals surface area contributed by atoms with Crippen LogP contribution in [0.5, 0.6) is 5.88 Å². The molecule has 3 aromatic rings. The Morgan fingerprint density at radius 1 is 1.29 bits per heavy atom. The SMILES string of the molecule is CCn1nc(COc2cc(C)ccn2)c2c1CCN(C(=O)c1cncnc1)C2. The van der Waals surface area contributed by atoms with Crippen molar-refractivity contribution in [3.05, 3.63) is 65.1 Å². The molecule has 8 heteroatoms. The molecule has 0 N–H and O–H groups in total. The number of hydrogen-bond donors (Lipinski definition) is 0. The first kappa shape index (κ1) is 18.1. The summed E-state index contributed by atoms with van der Waals surface area (Å²) < 4.78 is 7.87. The third-order valence-electron chi connectivity index (χ3n) is 4.86. The van der Waals surface area contributed by atoms with Gasteiger partial charge in [-0.25, -0.2) is 15.0 Å². The van der Waals surface area contributed by atoms with E-state index in [0.29, 0.717) is 31.1 Å². The van der Waals surface area contributed by atoms with E-state index in [0.717, 1.165) is 29.8 Å². The van der Waals surface area contributed by atoms with Gasteiger partial charge in [-0.3, -0.25) is 9.48 Å². The Hall–Kier alpha value is -3.29. The van der Waals surface area contributed by atoms with Crippen molar-refractivity contribution in [1.29, 1.82) is 0 Å². The van der Waals surface area contributed by atoms with Gasteiger partial charge in [-0.05, 0) is 25.5 Å². The lowest BCUT2D eigenvalue weighted by Crippen LogP contribution is -2.36. The van der Waals surface area contributed by atoms with Crippen LogP contribution in [0.15, 0.2) is 37.1 Å². The number of rotatable bonds is 5. The summed E-state index contributed by atoms with van der Waals surface area (Å²) in [5.41, 5.74) is 4.67. The molecule has 28 heavy (non-hydrogen) atoms. The van der Waals surface area contributed by atoms with Gasteiger partial charge in [0.05, 0.1) is 5.56 Å². The van der Waals surface area contributed by atoms with Crippen molar-refractivity contribution in [2.75, 3.05) is 6.54 Å². The van der Waals surface area contributed by atoms with Crippen LogP contribution in [0.4, 0.5) is 0 Å². The quantitative estimate of drug-likeness (QED) is 0.676. The summed E-state index contributed by atoms with van der Waals surface area (Å²) in [6.07, 6.45) is 7.01. The first-order chi connectivity index (χ1) is 13.7. The van der Waals surface area contributed by atoms with Gasteiger partial charge in [0, 0.05) is 62.0 Å². The average Bonchev–Trinajstić information content (AvgIpc) is 3.09. The predicted octanol–water partition coefficient (Wildman–Crippen LogP) is 2.17. The lowest BCUT2D eigenvalue weighted by atomic mass is 10.0. The third kappa shape index (κ3) is 3.58. The number of carbonyl (C=O) groups excluding carboxylic acids is 1. The molecule has 0 aliphatic carbocycles. The largest absolute Gasteiger partial charge is 0.471 e. The Labute approximate surface area is 163 Å². The second-order valence-corrected chi connectivity index (χ2v) is 6.75. The minimum absolute atomic E-state index is 0.0669. The molecule has 0 saturated carbocycles. The summed E-state index contributed by atoms with van der Waals surface area (Å²) in [6, 6.07) is 3.83. The first-order valence-electron chi connectivity index (χ1n) is 9.33. The maximum atomic E-state index is 12.8. The highest BCUT2D eigenvalue weighted by Crippen LogP contribution is 2.25. The van der Waals surface area contributed by atoms with Crippen molar-refractivity contribution in [1.82, 2.24) is 29.6 Å². The van der Waals surface area contributed by atoms with E-state index in [2.05, 4.69) is 21.9 Å². The number of aromatic nitrogens is 5. The number of pyridine rings is 1. The smallest absolute Gasteiger partial charge is 0.257 e. The van der Waals surface area contributed by atoms with Crippen molar-refractivity contribution in [2.24, 2.45) is 0 Å². The van der Waals surface area contributed by atoms with Gasteiger partial charge in [-0.1, -0.05) is 0 Å². The van der Waals surface area contributed by atoms with Gasteiger partial charge >= 0.3 is 0 Å². The van der Waals surface area contributed by atoms with E-state index in [1.165, 1.54) is 12.0 Å². The molecule has 0 atom stereocenters. The van der Waals surface area contributed by atoms with Crippen LogP contribution in [0, 0.1) is 6.92 Å². The molecule has 8 nitrogen and oxygen atoms in total. The Kier molecular flexibility index (Phi) is 5.01. The topological polar surface area (TPSA) is 86.0 Å². The van der Waals surface area contributed by atoms with Crippen LogP contribution in [0.2, 0.25) is 0 Å². The zero-order valence-corrected chi connectivity index (χ0v) is 16.0. The third-order valence-corrected chi connectivity index (χ3v) is 4.86. The minimum atomic E-state index is -0.0669. The molecule has 4 rings (SSSR count). The average molecular weight is 378 g/mol. The maximum absolute atomic E-state index is 12.8. The predicted molar refractivity (Wildman–Crippen MR) is 102 cm³/mol. The number of ether oxygens (including phenoxy) is 1. The van der Waals surface area contributed by atoms with Gasteiger partial charge in [-0.15, -0.1) is 0 Å². The number of amides is 1. The Morgan fingerprint density at radius 3 is 2.86 bits per heavy atom. The summed E-state index contributed by atoms with van der Waals surface area (Å²) in [5.74, 6) is 0.507. The summed E-state index contributed by atoms with van der Waals surface area (Å²) in [5, 5.41) is 4.72. The van der Waals surface area contributed by atoms with Gasteiger partial charge in [0.15, 0.2) is 0 Å². The molecule has 4 heterocycles. The molecule has 0 fully saturated rings. The van der Waals surface area contributed by atoms with E-state index >= 15 is 0 Å². The van der Waals surface area contributed by atoms with Gasteiger partial charge in [-0.2, -0.15) is 5.10 Å². The molecule has 0 unspecified atom stereocenters. The van der Waals surface area contributed by atoms with E-state index in [4.69, 9.17) is 9.84 Å². The fourth-order valence-corrected chi connectivity index (χ4v) is 3.43. The Balaban J connectivity index is 1.55. The number of hydrogen-bond acceptors (Lipinski definition) is 6. The van der Waals surface area contributed by atoms with Crippen molar-refractivity contribution in [3.63, 3.8) is 0 Å². The summed E-state index contributed by atoms with van der Waals surface area (Å²) in [7, 11) is 0. The van der Waals surface area contributed by atoms with Crippen molar-refractivity contribution in [2.45, 2.75) is 40.0 Å². The molecule has 1 aliphatic rings. The fourth-order valence-electron chi connectivity index (χ4n) is 3.43. The van der Waals surface area contributed by atoms with Crippen LogP contribution in [-0.4, -0.2) is 42.1 Å². The van der Waals surface area contributed by atoms with Crippen molar-refractivity contribution >= 4 is 5.91 Å². The lowest BCUT2D eigenvalue weighted by molar-refractivity contribution is 0.0731. The molecular formula is C20H22N6O2. The molecule has 144 valence electrons. The zero-order chi connectivity index (χ0) is 19.5. The molecule has 1 aliphatic heterocycles. The summed E-state index contributed by atoms with van der Waals surface area (Å²) in [4.78, 5) is 26.7. The monoisotopic (exact) mass is 378 g/mol. The van der Waals surface area contributed by atoms with Crippen molar-refractivity contribution < 1.29 is 9.53 Å². The molecule has 3 aromatic heterocycles. The number of carbonyl (C=O) groups is 1. The molecule has 0 spiro atoms. The van der Waals surface area contributed by atoms with Gasteiger partial charge in [0.1, 0.15) is 18.6 Å². The molecule has 0 saturated heterocycles. The van der Waals surface area contributed by atoms with E-state index < -0.39 is 0 Å². The van der Waals surface area contributed by atoms with Crippen molar-refractivity contribution in [3.8, 4) is 5.88 Å². The molecule has 0 radical (unpaired) electrons. The highest BCUT2D eigenvalue weighted by atomic mass is 16.5.